The summed E-state index contributed by atoms with van der Waals surface area (Å²) in [6.45, 7) is 0.776. The fourth-order valence-corrected chi connectivity index (χ4v) is 5.15. The molecule has 6 rings (SSSR count). The van der Waals surface area contributed by atoms with Crippen LogP contribution in [0.25, 0.3) is 0 Å². The highest BCUT2D eigenvalue weighted by molar-refractivity contribution is 6.03. The Kier molecular flexibility index (Phi) is 6.65. The van der Waals surface area contributed by atoms with E-state index in [0.29, 0.717) is 18.1 Å². The van der Waals surface area contributed by atoms with Crippen LogP contribution >= 0.6 is 0 Å². The first-order valence-electron chi connectivity index (χ1n) is 13.2. The third-order valence-corrected chi connectivity index (χ3v) is 7.44. The minimum Gasteiger partial charge on any atom is -0.486 e. The zero-order valence-corrected chi connectivity index (χ0v) is 21.7. The summed E-state index contributed by atoms with van der Waals surface area (Å²) in [4.78, 5) is 29.5. The van der Waals surface area contributed by atoms with Crippen LogP contribution in [0.5, 0.6) is 5.75 Å². The van der Waals surface area contributed by atoms with E-state index in [1.54, 1.807) is 31.3 Å². The molecule has 1 atom stereocenters. The molecule has 1 saturated carbocycles. The van der Waals surface area contributed by atoms with E-state index in [2.05, 4.69) is 0 Å². The van der Waals surface area contributed by atoms with E-state index in [0.717, 1.165) is 41.6 Å². The highest BCUT2D eigenvalue weighted by Crippen LogP contribution is 2.41. The topological polar surface area (TPSA) is 63.0 Å². The van der Waals surface area contributed by atoms with Crippen LogP contribution in [0, 0.1) is 11.7 Å². The van der Waals surface area contributed by atoms with Crippen LogP contribution in [0.4, 0.5) is 10.1 Å². The number of nitrogens with zero attached hydrogens (tertiary/aromatic N) is 2. The second-order valence-electron chi connectivity index (χ2n) is 10.1. The van der Waals surface area contributed by atoms with E-state index in [-0.39, 0.29) is 42.0 Å². The van der Waals surface area contributed by atoms with Crippen LogP contribution in [0.15, 0.2) is 89.3 Å². The van der Waals surface area contributed by atoms with Crippen LogP contribution in [-0.4, -0.2) is 30.3 Å². The quantitative estimate of drug-likeness (QED) is 0.291. The smallest absolute Gasteiger partial charge is 0.293 e. The second kappa shape index (κ2) is 10.4. The minimum atomic E-state index is -0.307. The van der Waals surface area contributed by atoms with Crippen molar-refractivity contribution >= 4 is 17.5 Å². The molecule has 39 heavy (non-hydrogen) atoms. The van der Waals surface area contributed by atoms with Gasteiger partial charge >= 0.3 is 0 Å². The number of fused-ring (bicyclic) bond motifs is 1. The summed E-state index contributed by atoms with van der Waals surface area (Å²) in [5.74, 6) is 1.09. The van der Waals surface area contributed by atoms with Crippen molar-refractivity contribution < 1.29 is 23.1 Å². The van der Waals surface area contributed by atoms with Crippen molar-refractivity contribution in [3.63, 3.8) is 0 Å². The van der Waals surface area contributed by atoms with Crippen LogP contribution in [0.2, 0.25) is 0 Å². The van der Waals surface area contributed by atoms with E-state index >= 15 is 0 Å². The number of hydrogen-bond donors (Lipinski definition) is 0. The average Bonchev–Trinajstić information content (AvgIpc) is 3.72. The first-order valence-corrected chi connectivity index (χ1v) is 13.2. The normalized spacial score (nSPS) is 16.5. The summed E-state index contributed by atoms with van der Waals surface area (Å²) in [5.41, 5.74) is 3.78. The predicted octanol–water partition coefficient (Wildman–Crippen LogP) is 6.16. The van der Waals surface area contributed by atoms with Crippen molar-refractivity contribution in [1.82, 2.24) is 4.90 Å². The third-order valence-electron chi connectivity index (χ3n) is 7.44. The van der Waals surface area contributed by atoms with Crippen LogP contribution in [0.1, 0.15) is 51.9 Å². The standard InChI is InChI=1S/C32H29FN2O4/c1-34(25-5-3-2-4-6-25)32(37)29-16-15-27(39-29)20-38-26-14-11-21-17-18-35(31(36)23-7-8-23)30(28(21)19-26)22-9-12-24(33)13-10-22/h2-6,9-16,19,23,30H,7-8,17-18,20H2,1H3. The van der Waals surface area contributed by atoms with Gasteiger partial charge in [-0.15, -0.1) is 0 Å². The molecular formula is C32H29FN2O4. The zero-order chi connectivity index (χ0) is 26.9. The molecule has 4 aromatic rings. The Balaban J connectivity index is 1.21. The van der Waals surface area contributed by atoms with E-state index in [1.165, 1.54) is 17.0 Å². The fourth-order valence-electron chi connectivity index (χ4n) is 5.15. The summed E-state index contributed by atoms with van der Waals surface area (Å²) < 4.78 is 25.6. The fraction of sp³-hybridized carbons (Fsp3) is 0.250. The van der Waals surface area contributed by atoms with Crippen molar-refractivity contribution in [1.29, 1.82) is 0 Å². The Hall–Kier alpha value is -4.39. The molecule has 0 radical (unpaired) electrons. The van der Waals surface area contributed by atoms with E-state index < -0.39 is 0 Å². The summed E-state index contributed by atoms with van der Waals surface area (Å²) >= 11 is 0. The zero-order valence-electron chi connectivity index (χ0n) is 21.7. The Morgan fingerprint density at radius 1 is 1.00 bits per heavy atom. The molecule has 2 amide bonds. The Labute approximate surface area is 226 Å². The number of ether oxygens (including phenoxy) is 1. The molecule has 7 heteroatoms. The van der Waals surface area contributed by atoms with Gasteiger partial charge in [0.2, 0.25) is 5.91 Å². The molecule has 2 aliphatic rings. The first kappa shape index (κ1) is 24.9. The Morgan fingerprint density at radius 2 is 1.77 bits per heavy atom. The van der Waals surface area contributed by atoms with Gasteiger partial charge in [-0.1, -0.05) is 36.4 Å². The maximum Gasteiger partial charge on any atom is 0.293 e. The molecule has 1 aliphatic carbocycles. The summed E-state index contributed by atoms with van der Waals surface area (Å²) in [6, 6.07) is 24.8. The van der Waals surface area contributed by atoms with Gasteiger partial charge in [0.1, 0.15) is 23.9 Å². The number of benzene rings is 3. The summed E-state index contributed by atoms with van der Waals surface area (Å²) in [5, 5.41) is 0. The van der Waals surface area contributed by atoms with E-state index in [4.69, 9.17) is 9.15 Å². The van der Waals surface area contributed by atoms with Crippen molar-refractivity contribution in [2.24, 2.45) is 5.92 Å². The molecule has 198 valence electrons. The summed E-state index contributed by atoms with van der Waals surface area (Å²) in [6.07, 6.45) is 2.61. The highest BCUT2D eigenvalue weighted by Gasteiger charge is 2.39. The molecule has 0 bridgehead atoms. The monoisotopic (exact) mass is 524 g/mol. The van der Waals surface area contributed by atoms with Gasteiger partial charge < -0.3 is 19.0 Å². The van der Waals surface area contributed by atoms with Gasteiger partial charge in [0, 0.05) is 25.2 Å². The van der Waals surface area contributed by atoms with Crippen molar-refractivity contribution in [2.75, 3.05) is 18.5 Å². The van der Waals surface area contributed by atoms with Gasteiger partial charge in [0.15, 0.2) is 5.76 Å². The first-order chi connectivity index (χ1) is 19.0. The number of para-hydroxylation sites is 1. The molecule has 0 saturated heterocycles. The highest BCUT2D eigenvalue weighted by atomic mass is 19.1. The van der Waals surface area contributed by atoms with Gasteiger partial charge in [0.25, 0.3) is 5.91 Å². The van der Waals surface area contributed by atoms with Crippen LogP contribution < -0.4 is 9.64 Å². The Bertz CT molecular complexity index is 1490. The van der Waals surface area contributed by atoms with Gasteiger partial charge in [-0.2, -0.15) is 0 Å². The van der Waals surface area contributed by atoms with Gasteiger partial charge in [-0.05, 0) is 84.5 Å². The molecule has 2 heterocycles. The van der Waals surface area contributed by atoms with Gasteiger partial charge in [-0.25, -0.2) is 4.39 Å². The molecular weight excluding hydrogens is 495 g/mol. The molecule has 1 unspecified atom stereocenters. The van der Waals surface area contributed by atoms with Gasteiger partial charge in [-0.3, -0.25) is 9.59 Å². The number of carbonyl (C=O) groups excluding carboxylic acids is 2. The minimum absolute atomic E-state index is 0.0886. The second-order valence-corrected chi connectivity index (χ2v) is 10.1. The number of furan rings is 1. The molecule has 1 aliphatic heterocycles. The summed E-state index contributed by atoms with van der Waals surface area (Å²) in [7, 11) is 1.71. The van der Waals surface area contributed by atoms with E-state index in [9.17, 15) is 14.0 Å². The molecule has 3 aromatic carbocycles. The van der Waals surface area contributed by atoms with Crippen molar-refractivity contribution in [2.45, 2.75) is 31.9 Å². The Morgan fingerprint density at radius 3 is 2.51 bits per heavy atom. The number of rotatable bonds is 7. The van der Waals surface area contributed by atoms with Crippen molar-refractivity contribution in [3.05, 3.63) is 119 Å². The number of halogens is 1. The lowest BCUT2D eigenvalue weighted by molar-refractivity contribution is -0.134. The number of amides is 2. The lowest BCUT2D eigenvalue weighted by atomic mass is 9.87. The maximum absolute atomic E-state index is 13.7. The molecule has 0 spiro atoms. The van der Waals surface area contributed by atoms with Crippen LogP contribution in [-0.2, 0) is 17.8 Å². The third kappa shape index (κ3) is 5.17. The van der Waals surface area contributed by atoms with Gasteiger partial charge in [0.05, 0.1) is 6.04 Å². The van der Waals surface area contributed by atoms with Crippen LogP contribution in [0.3, 0.4) is 0 Å². The largest absolute Gasteiger partial charge is 0.486 e. The lowest BCUT2D eigenvalue weighted by Crippen LogP contribution is -2.41. The molecule has 1 fully saturated rings. The number of hydrogen-bond acceptors (Lipinski definition) is 4. The average molecular weight is 525 g/mol. The maximum atomic E-state index is 13.7. The lowest BCUT2D eigenvalue weighted by Gasteiger charge is -2.38. The molecule has 1 aromatic heterocycles. The van der Waals surface area contributed by atoms with E-state index in [1.807, 2.05) is 53.4 Å². The molecule has 0 N–H and O–H groups in total. The SMILES string of the molecule is CN(C(=O)c1ccc(COc2ccc3c(c2)C(c2ccc(F)cc2)N(C(=O)C2CC2)CC3)o1)c1ccccc1. The number of carbonyl (C=O) groups is 2. The number of anilines is 1. The predicted molar refractivity (Wildman–Crippen MR) is 145 cm³/mol. The van der Waals surface area contributed by atoms with Crippen molar-refractivity contribution in [3.8, 4) is 5.75 Å². The molecule has 6 nitrogen and oxygen atoms in total.